The fraction of sp³-hybridized carbons (Fsp3) is 0.500. The van der Waals surface area contributed by atoms with Crippen LogP contribution in [0.5, 0.6) is 0 Å². The van der Waals surface area contributed by atoms with E-state index in [4.69, 9.17) is 4.74 Å². The summed E-state index contributed by atoms with van der Waals surface area (Å²) in [6.07, 6.45) is 6.31. The molecule has 0 amide bonds. The zero-order valence-corrected chi connectivity index (χ0v) is 20.1. The van der Waals surface area contributed by atoms with Crippen LogP contribution in [0, 0.1) is 5.92 Å². The van der Waals surface area contributed by atoms with Crippen molar-refractivity contribution in [3.63, 3.8) is 0 Å². The van der Waals surface area contributed by atoms with Gasteiger partial charge in [0, 0.05) is 52.0 Å². The number of nitrogens with one attached hydrogen (secondary N) is 1. The van der Waals surface area contributed by atoms with E-state index in [-0.39, 0.29) is 35.9 Å². The summed E-state index contributed by atoms with van der Waals surface area (Å²) in [6.45, 7) is 5.51. The fourth-order valence-electron chi connectivity index (χ4n) is 3.70. The van der Waals surface area contributed by atoms with Crippen molar-refractivity contribution in [2.45, 2.75) is 32.7 Å². The van der Waals surface area contributed by atoms with Gasteiger partial charge in [0.15, 0.2) is 5.96 Å². The van der Waals surface area contributed by atoms with Gasteiger partial charge in [-0.05, 0) is 25.3 Å². The Morgan fingerprint density at radius 2 is 2.00 bits per heavy atom. The molecule has 1 aromatic carbocycles. The maximum absolute atomic E-state index is 11.9. The molecule has 0 aliphatic carbocycles. The zero-order chi connectivity index (χ0) is 20.5. The number of rotatable bonds is 7. The molecule has 1 aromatic heterocycles. The van der Waals surface area contributed by atoms with Crippen molar-refractivity contribution in [3.8, 4) is 0 Å². The summed E-state index contributed by atoms with van der Waals surface area (Å²) in [6, 6.07) is 10.4. The van der Waals surface area contributed by atoms with Gasteiger partial charge >= 0.3 is 5.97 Å². The quantitative estimate of drug-likeness (QED) is 0.261. The van der Waals surface area contributed by atoms with E-state index in [0.717, 1.165) is 57.2 Å². The molecule has 0 spiro atoms. The van der Waals surface area contributed by atoms with E-state index in [2.05, 4.69) is 49.0 Å². The number of hydrogen-bond donors (Lipinski definition) is 1. The van der Waals surface area contributed by atoms with Crippen molar-refractivity contribution in [1.29, 1.82) is 0 Å². The lowest BCUT2D eigenvalue weighted by molar-refractivity contribution is -0.149. The molecule has 1 fully saturated rings. The van der Waals surface area contributed by atoms with Crippen molar-refractivity contribution in [3.05, 3.63) is 54.1 Å². The van der Waals surface area contributed by atoms with Crippen LogP contribution in [0.4, 0.5) is 0 Å². The van der Waals surface area contributed by atoms with Crippen molar-refractivity contribution in [2.75, 3.05) is 33.3 Å². The van der Waals surface area contributed by atoms with Gasteiger partial charge in [-0.2, -0.15) is 0 Å². The van der Waals surface area contributed by atoms with Crippen molar-refractivity contribution in [1.82, 2.24) is 19.8 Å². The minimum Gasteiger partial charge on any atom is -0.466 e. The van der Waals surface area contributed by atoms with Gasteiger partial charge in [-0.1, -0.05) is 30.3 Å². The van der Waals surface area contributed by atoms with E-state index < -0.39 is 0 Å². The number of likely N-dealkylation sites (tertiary alicyclic amines) is 1. The number of guanidine groups is 1. The molecule has 0 saturated carbocycles. The first-order valence-electron chi connectivity index (χ1n) is 10.4. The highest BCUT2D eigenvalue weighted by Crippen LogP contribution is 2.18. The highest BCUT2D eigenvalue weighted by atomic mass is 127. The van der Waals surface area contributed by atoms with Crippen LogP contribution in [-0.2, 0) is 22.5 Å². The van der Waals surface area contributed by atoms with E-state index in [1.54, 1.807) is 7.05 Å². The van der Waals surface area contributed by atoms with Gasteiger partial charge in [-0.25, -0.2) is 4.98 Å². The normalized spacial score (nSPS) is 14.9. The van der Waals surface area contributed by atoms with Crippen LogP contribution < -0.4 is 5.32 Å². The molecular formula is C22H32IN5O2. The highest BCUT2D eigenvalue weighted by Gasteiger charge is 2.27. The van der Waals surface area contributed by atoms with E-state index in [1.165, 1.54) is 5.56 Å². The summed E-state index contributed by atoms with van der Waals surface area (Å²) in [7, 11) is 1.80. The molecule has 3 rings (SSSR count). The number of esters is 1. The summed E-state index contributed by atoms with van der Waals surface area (Å²) in [5.41, 5.74) is 1.26. The number of aliphatic imine (C=N–C) groups is 1. The second kappa shape index (κ2) is 12.6. The van der Waals surface area contributed by atoms with Crippen LogP contribution in [0.3, 0.4) is 0 Å². The SMILES string of the molecule is CCOC(=O)C1CCN(C(=NC)NCCc2nccn2Cc2ccccc2)CC1.I. The summed E-state index contributed by atoms with van der Waals surface area (Å²) in [4.78, 5) is 23.1. The first-order valence-corrected chi connectivity index (χ1v) is 10.4. The Morgan fingerprint density at radius 1 is 1.27 bits per heavy atom. The Bertz CT molecular complexity index is 801. The lowest BCUT2D eigenvalue weighted by Crippen LogP contribution is -2.47. The molecule has 164 valence electrons. The van der Waals surface area contributed by atoms with Crippen molar-refractivity contribution < 1.29 is 9.53 Å². The first-order chi connectivity index (χ1) is 14.2. The molecule has 2 aromatic rings. The molecular weight excluding hydrogens is 493 g/mol. The van der Waals surface area contributed by atoms with Gasteiger partial charge in [-0.3, -0.25) is 9.79 Å². The predicted octanol–water partition coefficient (Wildman–Crippen LogP) is 2.94. The Morgan fingerprint density at radius 3 is 2.67 bits per heavy atom. The average Bonchev–Trinajstić information content (AvgIpc) is 3.19. The highest BCUT2D eigenvalue weighted by molar-refractivity contribution is 14.0. The van der Waals surface area contributed by atoms with Crippen LogP contribution in [0.2, 0.25) is 0 Å². The number of ether oxygens (including phenoxy) is 1. The molecule has 1 aliphatic heterocycles. The molecule has 0 radical (unpaired) electrons. The smallest absolute Gasteiger partial charge is 0.309 e. The maximum Gasteiger partial charge on any atom is 0.309 e. The lowest BCUT2D eigenvalue weighted by atomic mass is 9.97. The summed E-state index contributed by atoms with van der Waals surface area (Å²) < 4.78 is 7.34. The zero-order valence-electron chi connectivity index (χ0n) is 17.8. The summed E-state index contributed by atoms with van der Waals surface area (Å²) in [5, 5.41) is 3.44. The number of nitrogens with zero attached hydrogens (tertiary/aromatic N) is 4. The number of carbonyl (C=O) groups excluding carboxylic acids is 1. The average molecular weight is 525 g/mol. The van der Waals surface area contributed by atoms with E-state index in [9.17, 15) is 4.79 Å². The van der Waals surface area contributed by atoms with Gasteiger partial charge in [0.2, 0.25) is 0 Å². The first kappa shape index (κ1) is 24.2. The number of carbonyl (C=O) groups is 1. The van der Waals surface area contributed by atoms with Crippen LogP contribution in [0.1, 0.15) is 31.2 Å². The minimum atomic E-state index is -0.0691. The summed E-state index contributed by atoms with van der Waals surface area (Å²) >= 11 is 0. The number of halogens is 1. The standard InChI is InChI=1S/C22H31N5O2.HI/c1-3-29-21(28)19-10-14-26(15-11-19)22(23-2)25-12-9-20-24-13-16-27(20)17-18-7-5-4-6-8-18;/h4-8,13,16,19H,3,9-12,14-15,17H2,1-2H3,(H,23,25);1H. The molecule has 8 heteroatoms. The van der Waals surface area contributed by atoms with Crippen molar-refractivity contribution >= 4 is 35.9 Å². The van der Waals surface area contributed by atoms with Crippen LogP contribution >= 0.6 is 24.0 Å². The number of aromatic nitrogens is 2. The lowest BCUT2D eigenvalue weighted by Gasteiger charge is -2.33. The molecule has 0 atom stereocenters. The molecule has 7 nitrogen and oxygen atoms in total. The number of piperidine rings is 1. The summed E-state index contributed by atoms with van der Waals surface area (Å²) in [5.74, 6) is 1.88. The number of benzene rings is 1. The predicted molar refractivity (Wildman–Crippen MR) is 129 cm³/mol. The monoisotopic (exact) mass is 525 g/mol. The van der Waals surface area contributed by atoms with Gasteiger partial charge < -0.3 is 19.5 Å². The molecule has 1 saturated heterocycles. The third kappa shape index (κ3) is 6.72. The van der Waals surface area contributed by atoms with E-state index in [1.807, 2.05) is 25.4 Å². The van der Waals surface area contributed by atoms with Gasteiger partial charge in [0.1, 0.15) is 5.82 Å². The van der Waals surface area contributed by atoms with Gasteiger partial charge in [0.05, 0.1) is 12.5 Å². The second-order valence-corrected chi connectivity index (χ2v) is 7.19. The molecule has 1 N–H and O–H groups in total. The Labute approximate surface area is 195 Å². The van der Waals surface area contributed by atoms with E-state index in [0.29, 0.717) is 6.61 Å². The second-order valence-electron chi connectivity index (χ2n) is 7.19. The molecule has 30 heavy (non-hydrogen) atoms. The van der Waals surface area contributed by atoms with Crippen molar-refractivity contribution in [2.24, 2.45) is 10.9 Å². The van der Waals surface area contributed by atoms with Crippen LogP contribution in [0.15, 0.2) is 47.7 Å². The Balaban J connectivity index is 0.00000320. The van der Waals surface area contributed by atoms with Crippen LogP contribution in [-0.4, -0.2) is 59.7 Å². The van der Waals surface area contributed by atoms with Crippen LogP contribution in [0.25, 0.3) is 0 Å². The fourth-order valence-corrected chi connectivity index (χ4v) is 3.70. The number of imidazole rings is 1. The molecule has 0 bridgehead atoms. The molecule has 2 heterocycles. The third-order valence-corrected chi connectivity index (χ3v) is 5.26. The maximum atomic E-state index is 11.9. The molecule has 0 unspecified atom stereocenters. The van der Waals surface area contributed by atoms with E-state index >= 15 is 0 Å². The largest absolute Gasteiger partial charge is 0.466 e. The Hall–Kier alpha value is -2.10. The number of hydrogen-bond acceptors (Lipinski definition) is 4. The van der Waals surface area contributed by atoms with Gasteiger partial charge in [-0.15, -0.1) is 24.0 Å². The molecule has 1 aliphatic rings. The topological polar surface area (TPSA) is 71.8 Å². The Kier molecular flexibility index (Phi) is 10.1. The van der Waals surface area contributed by atoms with Gasteiger partial charge in [0.25, 0.3) is 0 Å². The third-order valence-electron chi connectivity index (χ3n) is 5.26. The minimum absolute atomic E-state index is 0.